The molecule has 12 aromatic rings. The number of rotatable bonds is 1. The summed E-state index contributed by atoms with van der Waals surface area (Å²) in [5.74, 6) is 0. The third-order valence-corrected chi connectivity index (χ3v) is 15.2. The fourth-order valence-corrected chi connectivity index (χ4v) is 12.1. The van der Waals surface area contributed by atoms with E-state index in [-0.39, 0.29) is 17.7 Å². The van der Waals surface area contributed by atoms with Crippen LogP contribution < -0.4 is 15.7 Å². The number of nitrogens with zero attached hydrogens (tertiary/aromatic N) is 2. The molecule has 6 heterocycles. The third kappa shape index (κ3) is 4.52. The number of furan rings is 2. The molecule has 8 aromatic carbocycles. The van der Waals surface area contributed by atoms with Gasteiger partial charge < -0.3 is 18.2 Å². The SMILES string of the molecule is CC(C)(C)c1ccc(N2B3c4cc5oc6ccccc6c5cc4-n4c5cc6sc7ccccc7c6cc5c5ccc(c3c54)-c3cc4oc5cc(C(C)(C)C)ccc5c4cc32)cc1. The van der Waals surface area contributed by atoms with Crippen LogP contribution in [0.25, 0.3) is 103 Å². The molecule has 62 heavy (non-hydrogen) atoms. The van der Waals surface area contributed by atoms with Gasteiger partial charge in [0.15, 0.2) is 0 Å². The fraction of sp³-hybridized carbons (Fsp3) is 0.143. The zero-order valence-electron chi connectivity index (χ0n) is 35.5. The molecule has 0 radical (unpaired) electrons. The average molecular weight is 817 g/mol. The highest BCUT2D eigenvalue weighted by molar-refractivity contribution is 7.25. The van der Waals surface area contributed by atoms with Gasteiger partial charge in [-0.2, -0.15) is 0 Å². The van der Waals surface area contributed by atoms with Gasteiger partial charge in [-0.25, -0.2) is 0 Å². The maximum Gasteiger partial charge on any atom is 0.333 e. The molecule has 0 fully saturated rings. The summed E-state index contributed by atoms with van der Waals surface area (Å²) < 4.78 is 18.8. The monoisotopic (exact) mass is 816 g/mol. The first-order valence-electron chi connectivity index (χ1n) is 21.8. The zero-order chi connectivity index (χ0) is 41.6. The van der Waals surface area contributed by atoms with Crippen LogP contribution in [0, 0.1) is 0 Å². The molecule has 296 valence electrons. The Labute approximate surface area is 362 Å². The number of benzene rings is 8. The first-order valence-corrected chi connectivity index (χ1v) is 22.6. The van der Waals surface area contributed by atoms with E-state index < -0.39 is 0 Å². The van der Waals surface area contributed by atoms with E-state index in [2.05, 4.69) is 190 Å². The van der Waals surface area contributed by atoms with Gasteiger partial charge >= 0.3 is 6.85 Å². The lowest BCUT2D eigenvalue weighted by Gasteiger charge is -2.42. The van der Waals surface area contributed by atoms with Crippen molar-refractivity contribution in [1.29, 1.82) is 0 Å². The predicted octanol–water partition coefficient (Wildman–Crippen LogP) is 14.8. The Morgan fingerprint density at radius 1 is 0.468 bits per heavy atom. The van der Waals surface area contributed by atoms with Crippen LogP contribution in [0.3, 0.4) is 0 Å². The highest BCUT2D eigenvalue weighted by Crippen LogP contribution is 2.49. The van der Waals surface area contributed by atoms with Crippen LogP contribution in [0.15, 0.2) is 148 Å². The molecule has 4 aromatic heterocycles. The molecule has 2 aliphatic rings. The molecule has 14 rings (SSSR count). The first kappa shape index (κ1) is 34.9. The molecule has 0 saturated heterocycles. The molecule has 6 heteroatoms. The molecule has 0 bridgehead atoms. The summed E-state index contributed by atoms with van der Waals surface area (Å²) in [5.41, 5.74) is 17.2. The normalized spacial score (nSPS) is 13.9. The van der Waals surface area contributed by atoms with Crippen LogP contribution >= 0.6 is 11.3 Å². The van der Waals surface area contributed by atoms with E-state index in [4.69, 9.17) is 8.83 Å². The Hall–Kier alpha value is -6.76. The first-order chi connectivity index (χ1) is 30.0. The van der Waals surface area contributed by atoms with Gasteiger partial charge in [-0.05, 0) is 105 Å². The average Bonchev–Trinajstić information content (AvgIpc) is 4.01. The Morgan fingerprint density at radius 3 is 1.94 bits per heavy atom. The van der Waals surface area contributed by atoms with E-state index >= 15 is 0 Å². The minimum atomic E-state index is -0.142. The Kier molecular flexibility index (Phi) is 6.52. The maximum atomic E-state index is 6.83. The molecule has 2 aliphatic heterocycles. The van der Waals surface area contributed by atoms with Crippen LogP contribution in [0.5, 0.6) is 0 Å². The molecular weight excluding hydrogens is 776 g/mol. The van der Waals surface area contributed by atoms with Gasteiger partial charge in [-0.15, -0.1) is 11.3 Å². The van der Waals surface area contributed by atoms with Gasteiger partial charge in [-0.3, -0.25) is 0 Å². The van der Waals surface area contributed by atoms with Gasteiger partial charge in [0.05, 0.1) is 11.0 Å². The summed E-state index contributed by atoms with van der Waals surface area (Å²) in [6.45, 7) is 13.5. The van der Waals surface area contributed by atoms with Crippen molar-refractivity contribution in [2.24, 2.45) is 0 Å². The maximum absolute atomic E-state index is 6.83. The number of hydrogen-bond donors (Lipinski definition) is 0. The van der Waals surface area contributed by atoms with Crippen LogP contribution in [0.4, 0.5) is 11.4 Å². The molecule has 0 spiro atoms. The fourth-order valence-electron chi connectivity index (χ4n) is 11.0. The topological polar surface area (TPSA) is 34.5 Å². The van der Waals surface area contributed by atoms with Gasteiger partial charge in [0, 0.05) is 75.1 Å². The Bertz CT molecular complexity index is 3960. The summed E-state index contributed by atoms with van der Waals surface area (Å²) in [7, 11) is 0. The smallest absolute Gasteiger partial charge is 0.333 e. The van der Waals surface area contributed by atoms with E-state index in [1.165, 1.54) is 86.5 Å². The lowest BCUT2D eigenvalue weighted by molar-refractivity contribution is 0.587. The lowest BCUT2D eigenvalue weighted by Crippen LogP contribution is -2.60. The number of anilines is 2. The summed E-state index contributed by atoms with van der Waals surface area (Å²) in [4.78, 5) is 2.62. The summed E-state index contributed by atoms with van der Waals surface area (Å²) in [6, 6.07) is 52.6. The second-order valence-electron chi connectivity index (χ2n) is 19.7. The van der Waals surface area contributed by atoms with Crippen molar-refractivity contribution in [3.8, 4) is 16.8 Å². The van der Waals surface area contributed by atoms with E-state index in [1.807, 2.05) is 11.3 Å². The van der Waals surface area contributed by atoms with Crippen LogP contribution in [-0.2, 0) is 10.8 Å². The number of aromatic nitrogens is 1. The van der Waals surface area contributed by atoms with Crippen molar-refractivity contribution in [2.75, 3.05) is 4.81 Å². The number of thiophene rings is 1. The lowest BCUT2D eigenvalue weighted by atomic mass is 9.44. The summed E-state index contributed by atoms with van der Waals surface area (Å²) in [5, 5.41) is 9.72. The van der Waals surface area contributed by atoms with Crippen molar-refractivity contribution >= 4 is 126 Å². The highest BCUT2D eigenvalue weighted by Gasteiger charge is 2.45. The second-order valence-corrected chi connectivity index (χ2v) is 20.8. The zero-order valence-corrected chi connectivity index (χ0v) is 36.3. The summed E-state index contributed by atoms with van der Waals surface area (Å²) >= 11 is 1.88. The minimum Gasteiger partial charge on any atom is -0.456 e. The number of para-hydroxylation sites is 1. The van der Waals surface area contributed by atoms with Crippen LogP contribution in [0.2, 0.25) is 0 Å². The second kappa shape index (κ2) is 11.6. The third-order valence-electron chi connectivity index (χ3n) is 14.1. The van der Waals surface area contributed by atoms with Gasteiger partial charge in [0.1, 0.15) is 22.3 Å². The molecule has 0 N–H and O–H groups in total. The van der Waals surface area contributed by atoms with Gasteiger partial charge in [0.25, 0.3) is 0 Å². The largest absolute Gasteiger partial charge is 0.456 e. The van der Waals surface area contributed by atoms with Gasteiger partial charge in [-0.1, -0.05) is 114 Å². The van der Waals surface area contributed by atoms with E-state index in [9.17, 15) is 0 Å². The van der Waals surface area contributed by atoms with Crippen molar-refractivity contribution in [1.82, 2.24) is 4.57 Å². The standard InChI is InChI=1S/C56H41BN2O2S/c1-55(2,3)30-15-18-32(19-16-30)59-45-25-40-34-20-17-31(56(4,5)6)23-48(34)61-49(40)27-39(45)36-21-22-37-38-24-42-35-12-8-10-14-51(35)62-52(42)29-44(38)58-46-26-41-33-11-7-9-13-47(33)60-50(41)28-43(46)57(59)53(36)54(37)58/h7-29H,1-6H3. The van der Waals surface area contributed by atoms with Crippen molar-refractivity contribution < 1.29 is 8.83 Å². The molecule has 4 nitrogen and oxygen atoms in total. The minimum absolute atomic E-state index is 0.00846. The molecule has 0 atom stereocenters. The highest BCUT2D eigenvalue weighted by atomic mass is 32.1. The van der Waals surface area contributed by atoms with Crippen molar-refractivity contribution in [2.45, 2.75) is 52.4 Å². The Balaban J connectivity index is 1.15. The summed E-state index contributed by atoms with van der Waals surface area (Å²) in [6.07, 6.45) is 0. The van der Waals surface area contributed by atoms with Crippen molar-refractivity contribution in [3.05, 3.63) is 151 Å². The van der Waals surface area contributed by atoms with Crippen molar-refractivity contribution in [3.63, 3.8) is 0 Å². The number of fused-ring (bicyclic) bond motifs is 17. The Morgan fingerprint density at radius 2 is 1.13 bits per heavy atom. The molecule has 0 unspecified atom stereocenters. The van der Waals surface area contributed by atoms with E-state index in [1.54, 1.807) is 0 Å². The molecular formula is C56H41BN2O2S. The van der Waals surface area contributed by atoms with E-state index in [0.717, 1.165) is 49.6 Å². The van der Waals surface area contributed by atoms with Crippen LogP contribution in [0.1, 0.15) is 52.7 Å². The molecule has 0 saturated carbocycles. The molecule has 0 aliphatic carbocycles. The van der Waals surface area contributed by atoms with Gasteiger partial charge in [0.2, 0.25) is 0 Å². The quantitative estimate of drug-likeness (QED) is 0.155. The van der Waals surface area contributed by atoms with E-state index in [0.29, 0.717) is 0 Å². The van der Waals surface area contributed by atoms with Crippen LogP contribution in [-0.4, -0.2) is 11.4 Å². The predicted molar refractivity (Wildman–Crippen MR) is 265 cm³/mol. The number of hydrogen-bond acceptors (Lipinski definition) is 4. The molecule has 0 amide bonds.